The Morgan fingerprint density at radius 3 is 2.06 bits per heavy atom. The zero-order valence-electron chi connectivity index (χ0n) is 10.4. The van der Waals surface area contributed by atoms with Crippen molar-refractivity contribution < 1.29 is 0 Å². The van der Waals surface area contributed by atoms with Gasteiger partial charge in [-0.05, 0) is 25.0 Å². The van der Waals surface area contributed by atoms with Crippen LogP contribution in [0.4, 0.5) is 0 Å². The molecule has 0 radical (unpaired) electrons. The van der Waals surface area contributed by atoms with E-state index in [1.165, 1.54) is 11.1 Å². The molecule has 0 bridgehead atoms. The van der Waals surface area contributed by atoms with Crippen molar-refractivity contribution in [2.45, 2.75) is 13.8 Å². The van der Waals surface area contributed by atoms with Gasteiger partial charge in [-0.15, -0.1) is 0 Å². The molecule has 3 aliphatic carbocycles. The first-order chi connectivity index (χ1) is 8.27. The zero-order valence-corrected chi connectivity index (χ0v) is 10.4. The van der Waals surface area contributed by atoms with Gasteiger partial charge in [-0.25, -0.2) is 0 Å². The van der Waals surface area contributed by atoms with Crippen LogP contribution in [0.3, 0.4) is 0 Å². The van der Waals surface area contributed by atoms with Crippen molar-refractivity contribution in [1.82, 2.24) is 0 Å². The molecule has 1 unspecified atom stereocenters. The molecule has 0 amide bonds. The molecule has 0 heterocycles. The summed E-state index contributed by atoms with van der Waals surface area (Å²) >= 11 is 0. The molecule has 0 N–H and O–H groups in total. The molecule has 86 valence electrons. The standard InChI is InChI=1S/C17H18/c1-12-11-16(14-7-3-4-8-14)17(13(12)2)15-9-5-6-10-15/h3-11,14-16H,1-2H3. The van der Waals surface area contributed by atoms with Gasteiger partial charge in [0.05, 0.1) is 0 Å². The van der Waals surface area contributed by atoms with Crippen molar-refractivity contribution in [1.29, 1.82) is 0 Å². The predicted octanol–water partition coefficient (Wildman–Crippen LogP) is 4.36. The molecule has 0 aromatic heterocycles. The van der Waals surface area contributed by atoms with Gasteiger partial charge in [0.1, 0.15) is 0 Å². The van der Waals surface area contributed by atoms with Gasteiger partial charge in [-0.3, -0.25) is 0 Å². The molecule has 0 aromatic carbocycles. The van der Waals surface area contributed by atoms with Gasteiger partial charge >= 0.3 is 0 Å². The summed E-state index contributed by atoms with van der Waals surface area (Å²) in [6, 6.07) is 0. The molecule has 0 saturated heterocycles. The van der Waals surface area contributed by atoms with Crippen molar-refractivity contribution >= 4 is 0 Å². The van der Waals surface area contributed by atoms with Crippen molar-refractivity contribution in [3.8, 4) is 0 Å². The minimum absolute atomic E-state index is 0.510. The highest BCUT2D eigenvalue weighted by Crippen LogP contribution is 2.43. The van der Waals surface area contributed by atoms with Crippen LogP contribution in [0.1, 0.15) is 13.8 Å². The van der Waals surface area contributed by atoms with Crippen LogP contribution >= 0.6 is 0 Å². The first kappa shape index (κ1) is 10.6. The van der Waals surface area contributed by atoms with Crippen LogP contribution in [0.5, 0.6) is 0 Å². The number of hydrogen-bond acceptors (Lipinski definition) is 0. The van der Waals surface area contributed by atoms with Crippen molar-refractivity contribution in [3.63, 3.8) is 0 Å². The fourth-order valence-electron chi connectivity index (χ4n) is 3.08. The van der Waals surface area contributed by atoms with E-state index in [0.29, 0.717) is 17.8 Å². The molecule has 3 rings (SSSR count). The Kier molecular flexibility index (Phi) is 2.51. The Labute approximate surface area is 103 Å². The fourth-order valence-corrected chi connectivity index (χ4v) is 3.08. The maximum atomic E-state index is 2.44. The molecule has 0 fully saturated rings. The van der Waals surface area contributed by atoms with Crippen molar-refractivity contribution in [2.75, 3.05) is 0 Å². The van der Waals surface area contributed by atoms with Crippen LogP contribution in [0.15, 0.2) is 71.4 Å². The minimum atomic E-state index is 0.510. The quantitative estimate of drug-likeness (QED) is 0.651. The van der Waals surface area contributed by atoms with Crippen LogP contribution in [0, 0.1) is 17.8 Å². The first-order valence-corrected chi connectivity index (χ1v) is 6.37. The SMILES string of the molecule is CC1=CC(C2C=CC=C2)C(C2C=CC=C2)=C1C. The molecular weight excluding hydrogens is 204 g/mol. The van der Waals surface area contributed by atoms with E-state index in [2.05, 4.69) is 68.5 Å². The highest BCUT2D eigenvalue weighted by Gasteiger charge is 2.30. The van der Waals surface area contributed by atoms with E-state index >= 15 is 0 Å². The summed E-state index contributed by atoms with van der Waals surface area (Å²) in [7, 11) is 0. The molecule has 3 aliphatic rings. The Balaban J connectivity index is 1.98. The van der Waals surface area contributed by atoms with Gasteiger partial charge in [0, 0.05) is 17.8 Å². The lowest BCUT2D eigenvalue weighted by Crippen LogP contribution is -2.13. The topological polar surface area (TPSA) is 0 Å². The summed E-state index contributed by atoms with van der Waals surface area (Å²) in [6.45, 7) is 4.50. The fraction of sp³-hybridized carbons (Fsp3) is 0.294. The number of hydrogen-bond donors (Lipinski definition) is 0. The van der Waals surface area contributed by atoms with Crippen LogP contribution in [-0.2, 0) is 0 Å². The van der Waals surface area contributed by atoms with E-state index in [4.69, 9.17) is 0 Å². The van der Waals surface area contributed by atoms with Gasteiger partial charge in [0.15, 0.2) is 0 Å². The molecule has 0 aromatic rings. The second-order valence-corrected chi connectivity index (χ2v) is 5.10. The van der Waals surface area contributed by atoms with Gasteiger partial charge in [0.25, 0.3) is 0 Å². The van der Waals surface area contributed by atoms with E-state index in [1.54, 1.807) is 5.57 Å². The maximum absolute atomic E-state index is 2.44. The molecule has 0 spiro atoms. The van der Waals surface area contributed by atoms with Crippen LogP contribution in [0.2, 0.25) is 0 Å². The summed E-state index contributed by atoms with van der Waals surface area (Å²) in [5, 5.41) is 0. The molecule has 17 heavy (non-hydrogen) atoms. The third kappa shape index (κ3) is 1.68. The average molecular weight is 222 g/mol. The summed E-state index contributed by atoms with van der Waals surface area (Å²) in [4.78, 5) is 0. The minimum Gasteiger partial charge on any atom is -0.0767 e. The van der Waals surface area contributed by atoms with Gasteiger partial charge < -0.3 is 0 Å². The first-order valence-electron chi connectivity index (χ1n) is 6.37. The largest absolute Gasteiger partial charge is 0.0767 e. The molecule has 0 aliphatic heterocycles. The molecule has 0 heteroatoms. The Hall–Kier alpha value is -1.56. The summed E-state index contributed by atoms with van der Waals surface area (Å²) < 4.78 is 0. The lowest BCUT2D eigenvalue weighted by molar-refractivity contribution is 0.614. The molecule has 0 saturated carbocycles. The maximum Gasteiger partial charge on any atom is 0.0175 e. The zero-order chi connectivity index (χ0) is 11.8. The second kappa shape index (κ2) is 4.03. The van der Waals surface area contributed by atoms with E-state index in [9.17, 15) is 0 Å². The highest BCUT2D eigenvalue weighted by molar-refractivity contribution is 5.49. The normalized spacial score (nSPS) is 27.9. The van der Waals surface area contributed by atoms with E-state index in [1.807, 2.05) is 0 Å². The van der Waals surface area contributed by atoms with Crippen molar-refractivity contribution in [3.05, 3.63) is 71.4 Å². The summed E-state index contributed by atoms with van der Waals surface area (Å²) in [5.41, 5.74) is 4.53. The van der Waals surface area contributed by atoms with Crippen molar-refractivity contribution in [2.24, 2.45) is 17.8 Å². The summed E-state index contributed by atoms with van der Waals surface area (Å²) in [5.74, 6) is 1.62. The van der Waals surface area contributed by atoms with Crippen LogP contribution in [0.25, 0.3) is 0 Å². The lowest BCUT2D eigenvalue weighted by Gasteiger charge is -2.22. The Bertz CT molecular complexity index is 482. The van der Waals surface area contributed by atoms with Crippen LogP contribution < -0.4 is 0 Å². The molecule has 1 atom stereocenters. The third-order valence-corrected chi connectivity index (χ3v) is 4.11. The predicted molar refractivity (Wildman–Crippen MR) is 73.5 cm³/mol. The highest BCUT2D eigenvalue weighted by atomic mass is 14.3. The van der Waals surface area contributed by atoms with E-state index in [0.717, 1.165) is 0 Å². The van der Waals surface area contributed by atoms with Gasteiger partial charge in [-0.1, -0.05) is 60.3 Å². The van der Waals surface area contributed by atoms with E-state index in [-0.39, 0.29) is 0 Å². The molecular formula is C17H18. The monoisotopic (exact) mass is 222 g/mol. The smallest absolute Gasteiger partial charge is 0.0175 e. The second-order valence-electron chi connectivity index (χ2n) is 5.10. The number of rotatable bonds is 2. The van der Waals surface area contributed by atoms with E-state index < -0.39 is 0 Å². The van der Waals surface area contributed by atoms with Gasteiger partial charge in [0.2, 0.25) is 0 Å². The third-order valence-electron chi connectivity index (χ3n) is 4.11. The average Bonchev–Trinajstić information content (AvgIpc) is 3.01. The van der Waals surface area contributed by atoms with Crippen LogP contribution in [-0.4, -0.2) is 0 Å². The summed E-state index contributed by atoms with van der Waals surface area (Å²) in [6.07, 6.45) is 20.3. The van der Waals surface area contributed by atoms with Gasteiger partial charge in [-0.2, -0.15) is 0 Å². The lowest BCUT2D eigenvalue weighted by atomic mass is 9.81. The molecule has 0 nitrogen and oxygen atoms in total. The number of allylic oxidation sites excluding steroid dienone is 12. The Morgan fingerprint density at radius 1 is 0.824 bits per heavy atom. The Morgan fingerprint density at radius 2 is 1.41 bits per heavy atom.